The van der Waals surface area contributed by atoms with E-state index in [4.69, 9.17) is 5.11 Å². The molecule has 19 heavy (non-hydrogen) atoms. The van der Waals surface area contributed by atoms with Crippen LogP contribution in [0, 0.1) is 0 Å². The third-order valence-electron chi connectivity index (χ3n) is 2.51. The van der Waals surface area contributed by atoms with Gasteiger partial charge in [-0.05, 0) is 44.0 Å². The molecular weight excluding hydrogens is 256 g/mol. The fraction of sp³-hybridized carbons (Fsp3) is 0.462. The van der Waals surface area contributed by atoms with Crippen LogP contribution in [0.4, 0.5) is 8.78 Å². The van der Waals surface area contributed by atoms with Crippen molar-refractivity contribution in [3.8, 4) is 5.75 Å². The summed E-state index contributed by atoms with van der Waals surface area (Å²) in [6, 6.07) is 5.42. The van der Waals surface area contributed by atoms with E-state index in [-0.39, 0.29) is 24.3 Å². The Kier molecular flexibility index (Phi) is 6.21. The number of carbonyl (C=O) groups excluding carboxylic acids is 1. The molecule has 2 N–H and O–H groups in total. The number of alkyl halides is 2. The number of aliphatic hydroxyl groups is 1. The molecular formula is C13H17F2NO3. The smallest absolute Gasteiger partial charge is 0.387 e. The molecule has 1 aromatic carbocycles. The van der Waals surface area contributed by atoms with Crippen LogP contribution in [0.2, 0.25) is 0 Å². The van der Waals surface area contributed by atoms with Crippen molar-refractivity contribution in [3.05, 3.63) is 29.8 Å². The minimum absolute atomic E-state index is 0.0138. The van der Waals surface area contributed by atoms with Crippen LogP contribution in [0.15, 0.2) is 24.3 Å². The van der Waals surface area contributed by atoms with Gasteiger partial charge in [-0.3, -0.25) is 4.79 Å². The predicted octanol–water partition coefficient (Wildman–Crippen LogP) is 2.18. The average molecular weight is 273 g/mol. The van der Waals surface area contributed by atoms with Crippen molar-refractivity contribution in [2.24, 2.45) is 0 Å². The molecule has 106 valence electrons. The van der Waals surface area contributed by atoms with Crippen LogP contribution in [-0.2, 0) is 0 Å². The molecule has 0 saturated heterocycles. The number of amides is 1. The van der Waals surface area contributed by atoms with Crippen LogP contribution >= 0.6 is 0 Å². The number of aliphatic hydroxyl groups excluding tert-OH is 1. The molecule has 0 saturated carbocycles. The number of benzene rings is 1. The third-order valence-corrected chi connectivity index (χ3v) is 2.51. The number of halogens is 2. The second kappa shape index (κ2) is 7.68. The van der Waals surface area contributed by atoms with Crippen LogP contribution in [0.5, 0.6) is 5.75 Å². The number of hydrogen-bond acceptors (Lipinski definition) is 3. The van der Waals surface area contributed by atoms with Crippen molar-refractivity contribution >= 4 is 5.91 Å². The van der Waals surface area contributed by atoms with E-state index in [2.05, 4.69) is 10.1 Å². The van der Waals surface area contributed by atoms with Crippen molar-refractivity contribution in [2.45, 2.75) is 32.4 Å². The summed E-state index contributed by atoms with van der Waals surface area (Å²) in [5, 5.41) is 11.4. The normalized spacial score (nSPS) is 12.3. The predicted molar refractivity (Wildman–Crippen MR) is 66.3 cm³/mol. The van der Waals surface area contributed by atoms with E-state index in [9.17, 15) is 13.6 Å². The van der Waals surface area contributed by atoms with E-state index in [1.165, 1.54) is 24.3 Å². The molecule has 1 rings (SSSR count). The summed E-state index contributed by atoms with van der Waals surface area (Å²) < 4.78 is 28.1. The number of carbonyl (C=O) groups is 1. The lowest BCUT2D eigenvalue weighted by molar-refractivity contribution is -0.0498. The van der Waals surface area contributed by atoms with Crippen LogP contribution in [0.25, 0.3) is 0 Å². The molecule has 0 aliphatic rings. The largest absolute Gasteiger partial charge is 0.435 e. The lowest BCUT2D eigenvalue weighted by Gasteiger charge is -2.13. The van der Waals surface area contributed by atoms with E-state index in [0.29, 0.717) is 18.4 Å². The Balaban J connectivity index is 2.53. The molecule has 0 heterocycles. The standard InChI is InChI=1S/C13H17F2NO3/c1-9(3-2-8-17)16-12(18)10-4-6-11(7-5-10)19-13(14)15/h4-7,9,13,17H,2-3,8H2,1H3,(H,16,18). The molecule has 6 heteroatoms. The molecule has 0 radical (unpaired) electrons. The summed E-state index contributed by atoms with van der Waals surface area (Å²) in [6.45, 7) is -0.958. The zero-order valence-corrected chi connectivity index (χ0v) is 10.6. The first kappa shape index (κ1) is 15.4. The summed E-state index contributed by atoms with van der Waals surface area (Å²) in [7, 11) is 0. The highest BCUT2D eigenvalue weighted by molar-refractivity contribution is 5.94. The number of rotatable bonds is 7. The summed E-state index contributed by atoms with van der Waals surface area (Å²) in [5.74, 6) is -0.270. The Morgan fingerprint density at radius 1 is 1.37 bits per heavy atom. The maximum absolute atomic E-state index is 11.9. The molecule has 0 aromatic heterocycles. The van der Waals surface area contributed by atoms with Gasteiger partial charge in [-0.15, -0.1) is 0 Å². The second-order valence-corrected chi connectivity index (χ2v) is 4.14. The van der Waals surface area contributed by atoms with Crippen molar-refractivity contribution in [3.63, 3.8) is 0 Å². The first-order valence-electron chi connectivity index (χ1n) is 5.99. The van der Waals surface area contributed by atoms with Gasteiger partial charge in [0.25, 0.3) is 5.91 Å². The zero-order valence-electron chi connectivity index (χ0n) is 10.6. The summed E-state index contributed by atoms with van der Waals surface area (Å²) in [5.41, 5.74) is 0.373. The fourth-order valence-electron chi connectivity index (χ4n) is 1.56. The van der Waals surface area contributed by atoms with Gasteiger partial charge in [-0.2, -0.15) is 8.78 Å². The molecule has 1 amide bonds. The van der Waals surface area contributed by atoms with Gasteiger partial charge in [0.2, 0.25) is 0 Å². The van der Waals surface area contributed by atoms with Crippen molar-refractivity contribution in [2.75, 3.05) is 6.61 Å². The van der Waals surface area contributed by atoms with Crippen molar-refractivity contribution in [1.29, 1.82) is 0 Å². The first-order valence-corrected chi connectivity index (χ1v) is 5.99. The molecule has 0 aliphatic carbocycles. The maximum atomic E-state index is 11.9. The summed E-state index contributed by atoms with van der Waals surface area (Å²) >= 11 is 0. The van der Waals surface area contributed by atoms with Gasteiger partial charge in [0.1, 0.15) is 5.75 Å². The van der Waals surface area contributed by atoms with E-state index < -0.39 is 6.61 Å². The van der Waals surface area contributed by atoms with Gasteiger partial charge in [-0.25, -0.2) is 0 Å². The Morgan fingerprint density at radius 2 is 2.00 bits per heavy atom. The van der Waals surface area contributed by atoms with Gasteiger partial charge in [0.05, 0.1) is 0 Å². The van der Waals surface area contributed by atoms with Crippen molar-refractivity contribution in [1.82, 2.24) is 5.32 Å². The average Bonchev–Trinajstić information content (AvgIpc) is 2.36. The topological polar surface area (TPSA) is 58.6 Å². The SMILES string of the molecule is CC(CCCO)NC(=O)c1ccc(OC(F)F)cc1. The van der Waals surface area contributed by atoms with E-state index >= 15 is 0 Å². The molecule has 1 aromatic rings. The summed E-state index contributed by atoms with van der Waals surface area (Å²) in [4.78, 5) is 11.8. The van der Waals surface area contributed by atoms with E-state index in [1.807, 2.05) is 6.92 Å². The van der Waals surface area contributed by atoms with Crippen LogP contribution in [-0.4, -0.2) is 30.3 Å². The van der Waals surface area contributed by atoms with E-state index in [1.54, 1.807) is 0 Å². The molecule has 0 spiro atoms. The molecule has 1 atom stereocenters. The zero-order chi connectivity index (χ0) is 14.3. The van der Waals surface area contributed by atoms with Gasteiger partial charge >= 0.3 is 6.61 Å². The Bertz CT molecular complexity index is 395. The van der Waals surface area contributed by atoms with Crippen molar-refractivity contribution < 1.29 is 23.4 Å². The first-order chi connectivity index (χ1) is 9.02. The van der Waals surface area contributed by atoms with Gasteiger partial charge < -0.3 is 15.2 Å². The molecule has 0 fully saturated rings. The monoisotopic (exact) mass is 273 g/mol. The van der Waals surface area contributed by atoms with Crippen LogP contribution in [0.1, 0.15) is 30.1 Å². The highest BCUT2D eigenvalue weighted by Gasteiger charge is 2.10. The Labute approximate surface area is 110 Å². The van der Waals surface area contributed by atoms with Gasteiger partial charge in [0, 0.05) is 18.2 Å². The van der Waals surface area contributed by atoms with Gasteiger partial charge in [-0.1, -0.05) is 0 Å². The number of ether oxygens (including phenoxy) is 1. The Hall–Kier alpha value is -1.69. The highest BCUT2D eigenvalue weighted by Crippen LogP contribution is 2.15. The van der Waals surface area contributed by atoms with Crippen LogP contribution < -0.4 is 10.1 Å². The summed E-state index contributed by atoms with van der Waals surface area (Å²) in [6.07, 6.45) is 1.29. The van der Waals surface area contributed by atoms with Gasteiger partial charge in [0.15, 0.2) is 0 Å². The quantitative estimate of drug-likeness (QED) is 0.800. The molecule has 1 unspecified atom stereocenters. The van der Waals surface area contributed by atoms with E-state index in [0.717, 1.165) is 0 Å². The lowest BCUT2D eigenvalue weighted by atomic mass is 10.1. The fourth-order valence-corrected chi connectivity index (χ4v) is 1.56. The minimum atomic E-state index is -2.88. The third kappa shape index (κ3) is 5.65. The number of nitrogens with one attached hydrogen (secondary N) is 1. The highest BCUT2D eigenvalue weighted by atomic mass is 19.3. The lowest BCUT2D eigenvalue weighted by Crippen LogP contribution is -2.32. The second-order valence-electron chi connectivity index (χ2n) is 4.14. The maximum Gasteiger partial charge on any atom is 0.387 e. The molecule has 0 bridgehead atoms. The van der Waals surface area contributed by atoms with Crippen LogP contribution in [0.3, 0.4) is 0 Å². The minimum Gasteiger partial charge on any atom is -0.435 e. The number of hydrogen-bond donors (Lipinski definition) is 2. The molecule has 0 aliphatic heterocycles. The Morgan fingerprint density at radius 3 is 2.53 bits per heavy atom. The molecule has 4 nitrogen and oxygen atoms in total.